The fourth-order valence-corrected chi connectivity index (χ4v) is 3.13. The number of rotatable bonds is 6. The fourth-order valence-electron chi connectivity index (χ4n) is 2.51. The second kappa shape index (κ2) is 7.53. The quantitative estimate of drug-likeness (QED) is 0.472. The van der Waals surface area contributed by atoms with Crippen molar-refractivity contribution in [2.75, 3.05) is 0 Å². The summed E-state index contributed by atoms with van der Waals surface area (Å²) in [6.45, 7) is 2.02. The Morgan fingerprint density at radius 2 is 1.73 bits per heavy atom. The topological polar surface area (TPSA) is 77.8 Å². The van der Waals surface area contributed by atoms with E-state index in [-0.39, 0.29) is 0 Å². The van der Waals surface area contributed by atoms with E-state index < -0.39 is 0 Å². The van der Waals surface area contributed by atoms with Crippen LogP contribution in [0.5, 0.6) is 0 Å². The number of aromatic nitrogens is 4. The average Bonchev–Trinajstić information content (AvgIpc) is 3.31. The van der Waals surface area contributed by atoms with Crippen LogP contribution < -0.4 is 0 Å². The van der Waals surface area contributed by atoms with Gasteiger partial charge in [0.05, 0.1) is 12.2 Å². The molecule has 6 nitrogen and oxygen atoms in total. The summed E-state index contributed by atoms with van der Waals surface area (Å²) in [5, 5.41) is 12.7. The molecule has 0 aliphatic carbocycles. The first kappa shape index (κ1) is 16.5. The highest BCUT2D eigenvalue weighted by atomic mass is 32.2. The summed E-state index contributed by atoms with van der Waals surface area (Å²) >= 11 is 1.38. The van der Waals surface area contributed by atoms with Gasteiger partial charge in [0.2, 0.25) is 17.6 Å². The average molecular weight is 364 g/mol. The molecule has 0 bridgehead atoms. The van der Waals surface area contributed by atoms with Crippen LogP contribution in [0, 0.1) is 6.92 Å². The number of hydrogen-bond donors (Lipinski definition) is 0. The largest absolute Gasteiger partial charge is 0.416 e. The number of aryl methyl sites for hydroxylation is 1. The highest BCUT2D eigenvalue weighted by molar-refractivity contribution is 7.98. The minimum absolute atomic E-state index is 0.478. The molecule has 2 heterocycles. The molecule has 0 aliphatic heterocycles. The molecule has 7 heteroatoms. The lowest BCUT2D eigenvalue weighted by atomic mass is 10.1. The Kier molecular flexibility index (Phi) is 4.79. The van der Waals surface area contributed by atoms with Gasteiger partial charge in [0.1, 0.15) is 0 Å². The van der Waals surface area contributed by atoms with Gasteiger partial charge in [-0.25, -0.2) is 0 Å². The Hall–Kier alpha value is -2.93. The van der Waals surface area contributed by atoms with Crippen molar-refractivity contribution < 1.29 is 8.94 Å². The first-order valence-electron chi connectivity index (χ1n) is 8.15. The van der Waals surface area contributed by atoms with Crippen molar-refractivity contribution >= 4 is 11.8 Å². The van der Waals surface area contributed by atoms with E-state index in [1.165, 1.54) is 11.8 Å². The lowest BCUT2D eigenvalue weighted by molar-refractivity contribution is 0.389. The predicted octanol–water partition coefficient (Wildman–Crippen LogP) is 4.31. The third-order valence-corrected chi connectivity index (χ3v) is 4.62. The van der Waals surface area contributed by atoms with Crippen molar-refractivity contribution in [1.29, 1.82) is 0 Å². The zero-order chi connectivity index (χ0) is 17.8. The van der Waals surface area contributed by atoms with Crippen LogP contribution in [0.3, 0.4) is 0 Å². The highest BCUT2D eigenvalue weighted by Gasteiger charge is 2.13. The van der Waals surface area contributed by atoms with Gasteiger partial charge in [-0.2, -0.15) is 4.98 Å². The zero-order valence-electron chi connectivity index (χ0n) is 14.1. The van der Waals surface area contributed by atoms with Gasteiger partial charge in [-0.3, -0.25) is 0 Å². The van der Waals surface area contributed by atoms with E-state index in [2.05, 4.69) is 20.3 Å². The Labute approximate surface area is 154 Å². The van der Waals surface area contributed by atoms with Gasteiger partial charge in [0.15, 0.2) is 0 Å². The monoisotopic (exact) mass is 364 g/mol. The van der Waals surface area contributed by atoms with E-state index in [1.807, 2.05) is 61.5 Å². The molecule has 4 rings (SSSR count). The molecule has 0 saturated heterocycles. The molecule has 0 amide bonds. The maximum Gasteiger partial charge on any atom is 0.277 e. The van der Waals surface area contributed by atoms with E-state index >= 15 is 0 Å². The molecule has 0 atom stereocenters. The molecule has 0 aliphatic rings. The van der Waals surface area contributed by atoms with E-state index in [0.29, 0.717) is 35.0 Å². The number of hydrogen-bond acceptors (Lipinski definition) is 7. The minimum Gasteiger partial charge on any atom is -0.416 e. The molecule has 0 radical (unpaired) electrons. The summed E-state index contributed by atoms with van der Waals surface area (Å²) in [5.74, 6) is 2.18. The van der Waals surface area contributed by atoms with E-state index in [4.69, 9.17) is 8.94 Å². The third kappa shape index (κ3) is 3.83. The normalized spacial score (nSPS) is 11.0. The van der Waals surface area contributed by atoms with Crippen LogP contribution in [0.2, 0.25) is 0 Å². The first-order chi connectivity index (χ1) is 12.8. The standard InChI is InChI=1S/C19H16N4O2S/c1-13-7-5-6-10-15(13)18-20-17(25-23-18)12-26-19-22-21-16(24-19)11-14-8-3-2-4-9-14/h2-10H,11-12H2,1H3. The van der Waals surface area contributed by atoms with Gasteiger partial charge in [-0.05, 0) is 18.1 Å². The van der Waals surface area contributed by atoms with E-state index in [1.54, 1.807) is 0 Å². The van der Waals surface area contributed by atoms with Crippen molar-refractivity contribution in [1.82, 2.24) is 20.3 Å². The maximum absolute atomic E-state index is 5.67. The summed E-state index contributed by atoms with van der Waals surface area (Å²) in [6.07, 6.45) is 0.617. The molecule has 0 fully saturated rings. The van der Waals surface area contributed by atoms with Gasteiger partial charge < -0.3 is 8.94 Å². The number of nitrogens with zero attached hydrogens (tertiary/aromatic N) is 4. The van der Waals surface area contributed by atoms with Crippen molar-refractivity contribution in [3.8, 4) is 11.4 Å². The Morgan fingerprint density at radius 3 is 2.58 bits per heavy atom. The molecule has 0 N–H and O–H groups in total. The highest BCUT2D eigenvalue weighted by Crippen LogP contribution is 2.24. The lowest BCUT2D eigenvalue weighted by Crippen LogP contribution is -1.87. The van der Waals surface area contributed by atoms with Gasteiger partial charge in [0.25, 0.3) is 5.22 Å². The summed E-state index contributed by atoms with van der Waals surface area (Å²) in [7, 11) is 0. The molecule has 0 unspecified atom stereocenters. The number of benzene rings is 2. The van der Waals surface area contributed by atoms with E-state index in [9.17, 15) is 0 Å². The molecular formula is C19H16N4O2S. The SMILES string of the molecule is Cc1ccccc1-c1noc(CSc2nnc(Cc3ccccc3)o2)n1. The van der Waals surface area contributed by atoms with Crippen LogP contribution in [-0.4, -0.2) is 20.3 Å². The van der Waals surface area contributed by atoms with Crippen LogP contribution in [0.1, 0.15) is 22.9 Å². The first-order valence-corrected chi connectivity index (χ1v) is 9.14. The van der Waals surface area contributed by atoms with Crippen molar-refractivity contribution in [3.63, 3.8) is 0 Å². The van der Waals surface area contributed by atoms with Crippen LogP contribution in [0.15, 0.2) is 68.8 Å². The summed E-state index contributed by atoms with van der Waals surface area (Å²) in [6, 6.07) is 18.0. The lowest BCUT2D eigenvalue weighted by Gasteiger charge is -1.97. The smallest absolute Gasteiger partial charge is 0.277 e. The Morgan fingerprint density at radius 1 is 0.923 bits per heavy atom. The number of thioether (sulfide) groups is 1. The van der Waals surface area contributed by atoms with Crippen LogP contribution in [0.4, 0.5) is 0 Å². The molecule has 26 heavy (non-hydrogen) atoms. The Bertz CT molecular complexity index is 997. The van der Waals surface area contributed by atoms with Crippen molar-refractivity contribution in [2.45, 2.75) is 24.3 Å². The van der Waals surface area contributed by atoms with Crippen molar-refractivity contribution in [2.24, 2.45) is 0 Å². The third-order valence-electron chi connectivity index (χ3n) is 3.82. The van der Waals surface area contributed by atoms with Crippen molar-refractivity contribution in [3.05, 3.63) is 77.5 Å². The zero-order valence-corrected chi connectivity index (χ0v) is 14.9. The van der Waals surface area contributed by atoms with Crippen LogP contribution in [-0.2, 0) is 12.2 Å². The molecular weight excluding hydrogens is 348 g/mol. The fraction of sp³-hybridized carbons (Fsp3) is 0.158. The molecule has 0 spiro atoms. The molecule has 2 aromatic heterocycles. The molecule has 0 saturated carbocycles. The summed E-state index contributed by atoms with van der Waals surface area (Å²) in [4.78, 5) is 4.44. The van der Waals surface area contributed by atoms with Gasteiger partial charge in [-0.15, -0.1) is 10.2 Å². The second-order valence-corrected chi connectivity index (χ2v) is 6.67. The predicted molar refractivity (Wildman–Crippen MR) is 97.6 cm³/mol. The Balaban J connectivity index is 1.39. The van der Waals surface area contributed by atoms with Gasteiger partial charge in [0, 0.05) is 5.56 Å². The maximum atomic E-state index is 5.67. The van der Waals surface area contributed by atoms with Gasteiger partial charge >= 0.3 is 0 Å². The molecule has 4 aromatic rings. The summed E-state index contributed by atoms with van der Waals surface area (Å²) in [5.41, 5.74) is 3.21. The van der Waals surface area contributed by atoms with Crippen LogP contribution in [0.25, 0.3) is 11.4 Å². The summed E-state index contributed by atoms with van der Waals surface area (Å²) < 4.78 is 11.0. The van der Waals surface area contributed by atoms with Gasteiger partial charge in [-0.1, -0.05) is 71.5 Å². The van der Waals surface area contributed by atoms with E-state index in [0.717, 1.165) is 16.7 Å². The van der Waals surface area contributed by atoms with Crippen LogP contribution >= 0.6 is 11.8 Å². The molecule has 130 valence electrons. The molecule has 2 aromatic carbocycles. The second-order valence-electron chi connectivity index (χ2n) is 5.74. The minimum atomic E-state index is 0.478.